The minimum absolute atomic E-state index is 0.0725. The van der Waals surface area contributed by atoms with Gasteiger partial charge < -0.3 is 19.9 Å². The Morgan fingerprint density at radius 3 is 2.43 bits per heavy atom. The highest BCUT2D eigenvalue weighted by Crippen LogP contribution is 2.44. The molecule has 42 heavy (non-hydrogen) atoms. The van der Waals surface area contributed by atoms with Gasteiger partial charge in [-0.15, -0.1) is 0 Å². The molecule has 0 radical (unpaired) electrons. The van der Waals surface area contributed by atoms with Gasteiger partial charge in [-0.1, -0.05) is 94.3 Å². The van der Waals surface area contributed by atoms with E-state index in [9.17, 15) is 4.79 Å². The fourth-order valence-electron chi connectivity index (χ4n) is 5.02. The lowest BCUT2D eigenvalue weighted by atomic mass is 9.82. The Labute approximate surface area is 259 Å². The molecular weight excluding hydrogens is 616 g/mol. The van der Waals surface area contributed by atoms with Crippen molar-refractivity contribution < 1.29 is 19.4 Å². The first-order valence-electron chi connectivity index (χ1n) is 13.9. The zero-order chi connectivity index (χ0) is 29.4. The van der Waals surface area contributed by atoms with E-state index in [0.29, 0.717) is 49.1 Å². The second-order valence-electron chi connectivity index (χ2n) is 10.1. The van der Waals surface area contributed by atoms with Crippen LogP contribution in [0.1, 0.15) is 34.8 Å². The molecule has 1 aliphatic heterocycles. The molecule has 8 heteroatoms. The number of aliphatic hydroxyl groups is 1. The predicted molar refractivity (Wildman–Crippen MR) is 169 cm³/mol. The number of nitrogens with one attached hydrogen (secondary N) is 1. The summed E-state index contributed by atoms with van der Waals surface area (Å²) in [6.45, 7) is 0.890. The number of aliphatic imine (C=N–C) groups is 1. The molecule has 0 saturated carbocycles. The van der Waals surface area contributed by atoms with Crippen molar-refractivity contribution in [3.05, 3.63) is 135 Å². The lowest BCUT2D eigenvalue weighted by Gasteiger charge is -2.31. The summed E-state index contributed by atoms with van der Waals surface area (Å²) in [6, 6.07) is 32.7. The molecular formula is C34H32BrClN2O4. The molecule has 6 nitrogen and oxygen atoms in total. The Bertz CT molecular complexity index is 1530. The fourth-order valence-corrected chi connectivity index (χ4v) is 5.74. The quantitative estimate of drug-likeness (QED) is 0.167. The van der Waals surface area contributed by atoms with Crippen LogP contribution >= 0.6 is 27.5 Å². The molecule has 0 aliphatic carbocycles. The zero-order valence-electron chi connectivity index (χ0n) is 23.0. The number of rotatable bonds is 12. The van der Waals surface area contributed by atoms with E-state index in [1.807, 2.05) is 103 Å². The molecule has 0 aromatic heterocycles. The van der Waals surface area contributed by atoms with Crippen molar-refractivity contribution in [2.45, 2.75) is 30.9 Å². The first-order valence-corrected chi connectivity index (χ1v) is 15.1. The number of aliphatic hydroxyl groups excluding tert-OH is 1. The predicted octanol–water partition coefficient (Wildman–Crippen LogP) is 6.72. The summed E-state index contributed by atoms with van der Waals surface area (Å²) in [7, 11) is 0. The van der Waals surface area contributed by atoms with Gasteiger partial charge in [0.1, 0.15) is 5.75 Å². The number of ether oxygens (including phenoxy) is 2. The van der Waals surface area contributed by atoms with Crippen molar-refractivity contribution in [2.24, 2.45) is 4.99 Å². The number of halogens is 2. The van der Waals surface area contributed by atoms with Crippen molar-refractivity contribution in [1.29, 1.82) is 0 Å². The summed E-state index contributed by atoms with van der Waals surface area (Å²) in [5, 5.41) is 12.9. The van der Waals surface area contributed by atoms with Crippen LogP contribution in [-0.4, -0.2) is 42.2 Å². The highest BCUT2D eigenvalue weighted by atomic mass is 79.9. The SMILES string of the molecule is O=C(NCCc1ccccc1Cl)[C@]1(Cc2ccccc2)N=C(c2ccc(OCCCO)cc2)O[C@@H]1c1ccccc1Br. The van der Waals surface area contributed by atoms with E-state index in [-0.39, 0.29) is 12.5 Å². The minimum Gasteiger partial charge on any atom is -0.494 e. The Kier molecular flexibility index (Phi) is 9.95. The van der Waals surface area contributed by atoms with Crippen molar-refractivity contribution in [3.8, 4) is 5.75 Å². The lowest BCUT2D eigenvalue weighted by Crippen LogP contribution is -2.50. The molecule has 1 amide bonds. The monoisotopic (exact) mass is 646 g/mol. The van der Waals surface area contributed by atoms with Crippen LogP contribution < -0.4 is 10.1 Å². The topological polar surface area (TPSA) is 80.2 Å². The third-order valence-electron chi connectivity index (χ3n) is 7.17. The second-order valence-corrected chi connectivity index (χ2v) is 11.3. The van der Waals surface area contributed by atoms with Gasteiger partial charge in [-0.3, -0.25) is 4.79 Å². The van der Waals surface area contributed by atoms with Gasteiger partial charge in [0.15, 0.2) is 11.6 Å². The van der Waals surface area contributed by atoms with Gasteiger partial charge in [0.05, 0.1) is 6.61 Å². The number of amides is 1. The first-order chi connectivity index (χ1) is 20.5. The molecule has 0 saturated heterocycles. The molecule has 4 aromatic carbocycles. The highest BCUT2D eigenvalue weighted by Gasteiger charge is 2.53. The van der Waals surface area contributed by atoms with Crippen molar-refractivity contribution in [1.82, 2.24) is 5.32 Å². The molecule has 2 atom stereocenters. The summed E-state index contributed by atoms with van der Waals surface area (Å²) in [5.41, 5.74) is 2.22. The zero-order valence-corrected chi connectivity index (χ0v) is 25.4. The number of nitrogens with zero attached hydrogens (tertiary/aromatic N) is 1. The number of benzene rings is 4. The van der Waals surface area contributed by atoms with Crippen LogP contribution in [0, 0.1) is 0 Å². The van der Waals surface area contributed by atoms with Crippen molar-refractivity contribution >= 4 is 39.3 Å². The van der Waals surface area contributed by atoms with E-state index in [1.54, 1.807) is 0 Å². The first kappa shape index (κ1) is 29.8. The summed E-state index contributed by atoms with van der Waals surface area (Å²) in [5.74, 6) is 0.842. The Balaban J connectivity index is 1.51. The maximum absolute atomic E-state index is 14.3. The van der Waals surface area contributed by atoms with Gasteiger partial charge >= 0.3 is 0 Å². The van der Waals surface area contributed by atoms with E-state index in [1.165, 1.54) is 0 Å². The molecule has 0 spiro atoms. The van der Waals surface area contributed by atoms with E-state index in [4.69, 9.17) is 31.2 Å². The van der Waals surface area contributed by atoms with Crippen LogP contribution in [-0.2, 0) is 22.4 Å². The van der Waals surface area contributed by atoms with Crippen LogP contribution in [0.5, 0.6) is 5.75 Å². The van der Waals surface area contributed by atoms with Gasteiger partial charge in [-0.25, -0.2) is 4.99 Å². The van der Waals surface area contributed by atoms with Gasteiger partial charge in [-0.2, -0.15) is 0 Å². The molecule has 1 heterocycles. The van der Waals surface area contributed by atoms with Crippen LogP contribution in [0.25, 0.3) is 0 Å². The largest absolute Gasteiger partial charge is 0.494 e. The minimum atomic E-state index is -1.28. The van der Waals surface area contributed by atoms with Crippen LogP contribution in [0.4, 0.5) is 0 Å². The van der Waals surface area contributed by atoms with Crippen molar-refractivity contribution in [3.63, 3.8) is 0 Å². The Morgan fingerprint density at radius 1 is 0.976 bits per heavy atom. The summed E-state index contributed by atoms with van der Waals surface area (Å²) < 4.78 is 13.1. The van der Waals surface area contributed by atoms with Gasteiger partial charge in [0.25, 0.3) is 5.91 Å². The van der Waals surface area contributed by atoms with Gasteiger partial charge in [-0.05, 0) is 53.9 Å². The number of carbonyl (C=O) groups is 1. The molecule has 1 aliphatic rings. The summed E-state index contributed by atoms with van der Waals surface area (Å²) in [6.07, 6.45) is 0.786. The summed E-state index contributed by atoms with van der Waals surface area (Å²) >= 11 is 10.1. The third kappa shape index (κ3) is 6.86. The van der Waals surface area contributed by atoms with Crippen LogP contribution in [0.3, 0.4) is 0 Å². The Morgan fingerprint density at radius 2 is 1.69 bits per heavy atom. The molecule has 5 rings (SSSR count). The van der Waals surface area contributed by atoms with Crippen molar-refractivity contribution in [2.75, 3.05) is 19.8 Å². The molecule has 0 fully saturated rings. The van der Waals surface area contributed by atoms with Gasteiger partial charge in [0, 0.05) is 46.6 Å². The molecule has 216 valence electrons. The summed E-state index contributed by atoms with van der Waals surface area (Å²) in [4.78, 5) is 19.4. The smallest absolute Gasteiger partial charge is 0.252 e. The standard InChI is InChI=1S/C34H32BrClN2O4/c35-29-13-6-5-12-28(29)31-34(23-24-9-2-1-3-10-24,33(40)37-20-19-25-11-4-7-14-30(25)36)38-32(42-31)26-15-17-27(18-16-26)41-22-8-21-39/h1-7,9-18,31,39H,8,19-23H2,(H,37,40)/t31-,34-/m1/s1. The third-order valence-corrected chi connectivity index (χ3v) is 8.26. The fraction of sp³-hybridized carbons (Fsp3) is 0.235. The van der Waals surface area contributed by atoms with E-state index in [0.717, 1.165) is 26.7 Å². The molecule has 0 unspecified atom stereocenters. The maximum Gasteiger partial charge on any atom is 0.252 e. The van der Waals surface area contributed by atoms with Crippen LogP contribution in [0.15, 0.2) is 113 Å². The van der Waals surface area contributed by atoms with Crippen LogP contribution in [0.2, 0.25) is 5.02 Å². The Hall–Kier alpha value is -3.65. The number of hydrogen-bond donors (Lipinski definition) is 2. The van der Waals surface area contributed by atoms with E-state index >= 15 is 0 Å². The highest BCUT2D eigenvalue weighted by molar-refractivity contribution is 9.10. The molecule has 4 aromatic rings. The normalized spacial score (nSPS) is 17.8. The number of hydrogen-bond acceptors (Lipinski definition) is 5. The van der Waals surface area contributed by atoms with Gasteiger partial charge in [0.2, 0.25) is 5.90 Å². The second kappa shape index (κ2) is 14.0. The number of carbonyl (C=O) groups excluding carboxylic acids is 1. The lowest BCUT2D eigenvalue weighted by molar-refractivity contribution is -0.128. The maximum atomic E-state index is 14.3. The molecule has 2 N–H and O–H groups in total. The van der Waals surface area contributed by atoms with E-state index in [2.05, 4.69) is 21.2 Å². The average Bonchev–Trinajstić information content (AvgIpc) is 3.39. The average molecular weight is 648 g/mol. The molecule has 0 bridgehead atoms. The van der Waals surface area contributed by atoms with E-state index < -0.39 is 11.6 Å².